The average Bonchev–Trinajstić information content (AvgIpc) is 2.90. The molecule has 2 heterocycles. The molecule has 2 aromatic rings. The van der Waals surface area contributed by atoms with Crippen LogP contribution in [-0.2, 0) is 13.0 Å². The van der Waals surface area contributed by atoms with Gasteiger partial charge in [-0.15, -0.1) is 10.2 Å². The molecule has 4 heteroatoms. The van der Waals surface area contributed by atoms with Gasteiger partial charge >= 0.3 is 0 Å². The minimum Gasteiger partial charge on any atom is -0.310 e. The highest BCUT2D eigenvalue weighted by atomic mass is 15.3. The number of fused-ring (bicyclic) bond motifs is 1. The van der Waals surface area contributed by atoms with Gasteiger partial charge in [0.05, 0.1) is 0 Å². The Morgan fingerprint density at radius 1 is 1.12 bits per heavy atom. The van der Waals surface area contributed by atoms with Crippen LogP contribution in [0.2, 0.25) is 0 Å². The first-order valence-corrected chi connectivity index (χ1v) is 9.46. The molecular formula is C21H30N4. The summed E-state index contributed by atoms with van der Waals surface area (Å²) < 4.78 is 2.31. The van der Waals surface area contributed by atoms with Crippen molar-refractivity contribution < 1.29 is 0 Å². The van der Waals surface area contributed by atoms with E-state index in [0.29, 0.717) is 0 Å². The molecule has 0 bridgehead atoms. The van der Waals surface area contributed by atoms with Crippen molar-refractivity contribution in [2.45, 2.75) is 46.6 Å². The van der Waals surface area contributed by atoms with Crippen LogP contribution < -0.4 is 0 Å². The van der Waals surface area contributed by atoms with Crippen LogP contribution in [0.3, 0.4) is 0 Å². The zero-order chi connectivity index (χ0) is 17.6. The molecule has 0 radical (unpaired) electrons. The minimum absolute atomic E-state index is 0.729. The average molecular weight is 338 g/mol. The summed E-state index contributed by atoms with van der Waals surface area (Å²) in [6, 6.07) is 10.4. The molecule has 1 aliphatic heterocycles. The van der Waals surface area contributed by atoms with E-state index in [1.54, 1.807) is 0 Å². The predicted octanol–water partition coefficient (Wildman–Crippen LogP) is 4.19. The van der Waals surface area contributed by atoms with Crippen LogP contribution in [0.5, 0.6) is 0 Å². The van der Waals surface area contributed by atoms with Gasteiger partial charge in [0, 0.05) is 38.2 Å². The van der Waals surface area contributed by atoms with Gasteiger partial charge in [-0.3, -0.25) is 0 Å². The third kappa shape index (κ3) is 4.79. The third-order valence-corrected chi connectivity index (χ3v) is 4.93. The van der Waals surface area contributed by atoms with Crippen LogP contribution in [0, 0.1) is 5.92 Å². The van der Waals surface area contributed by atoms with E-state index in [0.717, 1.165) is 49.2 Å². The first-order valence-electron chi connectivity index (χ1n) is 9.46. The van der Waals surface area contributed by atoms with Crippen LogP contribution in [-0.4, -0.2) is 39.3 Å². The molecule has 4 nitrogen and oxygen atoms in total. The Labute approximate surface area is 151 Å². The Hall–Kier alpha value is -1.94. The van der Waals surface area contributed by atoms with E-state index < -0.39 is 0 Å². The van der Waals surface area contributed by atoms with Gasteiger partial charge in [0.1, 0.15) is 5.82 Å². The Morgan fingerprint density at radius 2 is 1.92 bits per heavy atom. The predicted molar refractivity (Wildman–Crippen MR) is 103 cm³/mol. The van der Waals surface area contributed by atoms with Crippen LogP contribution in [0.15, 0.2) is 42.0 Å². The monoisotopic (exact) mass is 338 g/mol. The lowest BCUT2D eigenvalue weighted by Crippen LogP contribution is -2.31. The lowest BCUT2D eigenvalue weighted by atomic mass is 10.0. The van der Waals surface area contributed by atoms with E-state index in [2.05, 4.69) is 70.8 Å². The molecule has 0 saturated carbocycles. The van der Waals surface area contributed by atoms with Crippen molar-refractivity contribution in [1.82, 2.24) is 19.7 Å². The molecule has 0 unspecified atom stereocenters. The molecule has 0 aliphatic carbocycles. The number of hydrogen-bond acceptors (Lipinski definition) is 3. The lowest BCUT2D eigenvalue weighted by Gasteiger charge is -2.23. The summed E-state index contributed by atoms with van der Waals surface area (Å²) in [5.41, 5.74) is 2.58. The third-order valence-electron chi connectivity index (χ3n) is 4.93. The molecule has 134 valence electrons. The van der Waals surface area contributed by atoms with Crippen LogP contribution in [0.25, 0.3) is 11.4 Å². The van der Waals surface area contributed by atoms with Gasteiger partial charge in [-0.1, -0.05) is 48.9 Å². The zero-order valence-electron chi connectivity index (χ0n) is 15.8. The normalized spacial score (nSPS) is 16.1. The van der Waals surface area contributed by atoms with E-state index >= 15 is 0 Å². The Kier molecular flexibility index (Phi) is 6.03. The first-order chi connectivity index (χ1) is 12.1. The van der Waals surface area contributed by atoms with Gasteiger partial charge < -0.3 is 9.47 Å². The summed E-state index contributed by atoms with van der Waals surface area (Å²) in [4.78, 5) is 2.59. The molecule has 25 heavy (non-hydrogen) atoms. The fourth-order valence-corrected chi connectivity index (χ4v) is 3.54. The summed E-state index contributed by atoms with van der Waals surface area (Å²) >= 11 is 0. The van der Waals surface area contributed by atoms with E-state index in [-0.39, 0.29) is 0 Å². The van der Waals surface area contributed by atoms with Gasteiger partial charge in [-0.2, -0.15) is 0 Å². The topological polar surface area (TPSA) is 34.0 Å². The smallest absolute Gasteiger partial charge is 0.164 e. The summed E-state index contributed by atoms with van der Waals surface area (Å²) in [6.07, 6.45) is 5.80. The van der Waals surface area contributed by atoms with Crippen LogP contribution in [0.4, 0.5) is 0 Å². The number of nitrogens with zero attached hydrogens (tertiary/aromatic N) is 4. The summed E-state index contributed by atoms with van der Waals surface area (Å²) in [5.74, 6) is 2.86. The number of aromatic nitrogens is 3. The first kappa shape index (κ1) is 17.9. The highest BCUT2D eigenvalue weighted by molar-refractivity contribution is 5.55. The highest BCUT2D eigenvalue weighted by Gasteiger charge is 2.20. The van der Waals surface area contributed by atoms with Gasteiger partial charge in [0.15, 0.2) is 5.82 Å². The standard InChI is InChI=1S/C21H30N4/c1-17(2)8-7-9-18(3)16-24-13-12-20-22-23-21(25(20)15-14-24)19-10-5-4-6-11-19/h4-6,8,10-11,18H,7,9,12-16H2,1-3H3/t18-/m1/s1. The molecule has 1 atom stereocenters. The second-order valence-corrected chi connectivity index (χ2v) is 7.47. The molecule has 0 fully saturated rings. The molecule has 0 amide bonds. The molecule has 1 aromatic heterocycles. The van der Waals surface area contributed by atoms with Crippen molar-refractivity contribution in [2.24, 2.45) is 5.92 Å². The largest absolute Gasteiger partial charge is 0.310 e. The maximum atomic E-state index is 4.45. The molecule has 1 aromatic carbocycles. The Morgan fingerprint density at radius 3 is 2.68 bits per heavy atom. The molecule has 1 aliphatic rings. The van der Waals surface area contributed by atoms with Crippen molar-refractivity contribution in [2.75, 3.05) is 19.6 Å². The van der Waals surface area contributed by atoms with Crippen molar-refractivity contribution >= 4 is 0 Å². The summed E-state index contributed by atoms with van der Waals surface area (Å²) in [5, 5.41) is 8.89. The SMILES string of the molecule is CC(C)=CCC[C@@H](C)CN1CCc2nnc(-c3ccccc3)n2CC1. The van der Waals surface area contributed by atoms with Crippen LogP contribution >= 0.6 is 0 Å². The van der Waals surface area contributed by atoms with Crippen molar-refractivity contribution in [1.29, 1.82) is 0 Å². The van der Waals surface area contributed by atoms with Crippen molar-refractivity contribution in [3.63, 3.8) is 0 Å². The molecular weight excluding hydrogens is 308 g/mol. The van der Waals surface area contributed by atoms with E-state index in [1.807, 2.05) is 6.07 Å². The van der Waals surface area contributed by atoms with Crippen molar-refractivity contribution in [3.8, 4) is 11.4 Å². The maximum Gasteiger partial charge on any atom is 0.164 e. The summed E-state index contributed by atoms with van der Waals surface area (Å²) in [6.45, 7) is 11.1. The van der Waals surface area contributed by atoms with E-state index in [1.165, 1.54) is 25.0 Å². The van der Waals surface area contributed by atoms with Gasteiger partial charge in [-0.05, 0) is 32.6 Å². The molecule has 0 spiro atoms. The minimum atomic E-state index is 0.729. The molecule has 0 saturated heterocycles. The second kappa shape index (κ2) is 8.43. The number of rotatable bonds is 6. The van der Waals surface area contributed by atoms with Gasteiger partial charge in [0.25, 0.3) is 0 Å². The van der Waals surface area contributed by atoms with Crippen molar-refractivity contribution in [3.05, 3.63) is 47.8 Å². The Balaban J connectivity index is 1.59. The number of hydrogen-bond donors (Lipinski definition) is 0. The van der Waals surface area contributed by atoms with Gasteiger partial charge in [-0.25, -0.2) is 0 Å². The van der Waals surface area contributed by atoms with E-state index in [9.17, 15) is 0 Å². The fourth-order valence-electron chi connectivity index (χ4n) is 3.54. The maximum absolute atomic E-state index is 4.45. The highest BCUT2D eigenvalue weighted by Crippen LogP contribution is 2.20. The number of benzene rings is 1. The quantitative estimate of drug-likeness (QED) is 0.741. The molecule has 0 N–H and O–H groups in total. The van der Waals surface area contributed by atoms with Crippen LogP contribution in [0.1, 0.15) is 39.4 Å². The zero-order valence-corrected chi connectivity index (χ0v) is 15.8. The second-order valence-electron chi connectivity index (χ2n) is 7.47. The van der Waals surface area contributed by atoms with E-state index in [4.69, 9.17) is 0 Å². The lowest BCUT2D eigenvalue weighted by molar-refractivity contribution is 0.237. The fraction of sp³-hybridized carbons (Fsp3) is 0.524. The summed E-state index contributed by atoms with van der Waals surface area (Å²) in [7, 11) is 0. The Bertz CT molecular complexity index is 698. The number of allylic oxidation sites excluding steroid dienone is 2. The van der Waals surface area contributed by atoms with Gasteiger partial charge in [0.2, 0.25) is 0 Å². The molecule has 3 rings (SSSR count).